The van der Waals surface area contributed by atoms with Crippen LogP contribution in [0.5, 0.6) is 0 Å². The third kappa shape index (κ3) is 2.97. The average Bonchev–Trinajstić information content (AvgIpc) is 3.12. The normalized spacial score (nSPS) is 27.5. The smallest absolute Gasteiger partial charge is 0.251 e. The second-order valence-electron chi connectivity index (χ2n) is 6.13. The number of hydrogen-bond acceptors (Lipinski definition) is 6. The number of hydrogen-bond donors (Lipinski definition) is 3. The Morgan fingerprint density at radius 3 is 2.96 bits per heavy atom. The van der Waals surface area contributed by atoms with Crippen LogP contribution in [-0.4, -0.2) is 46.0 Å². The quantitative estimate of drug-likeness (QED) is 0.785. The molecule has 0 bridgehead atoms. The van der Waals surface area contributed by atoms with Crippen LogP contribution >= 0.6 is 11.3 Å². The van der Waals surface area contributed by atoms with Gasteiger partial charge in [0.1, 0.15) is 17.2 Å². The second kappa shape index (κ2) is 5.83. The fraction of sp³-hybridized carbons (Fsp3) is 0.500. The van der Waals surface area contributed by atoms with Crippen molar-refractivity contribution in [3.63, 3.8) is 0 Å². The van der Waals surface area contributed by atoms with E-state index in [4.69, 9.17) is 9.84 Å². The van der Waals surface area contributed by atoms with Gasteiger partial charge in [0, 0.05) is 18.0 Å². The molecule has 1 aliphatic carbocycles. The lowest BCUT2D eigenvalue weighted by Gasteiger charge is -2.09. The molecule has 2 aromatic rings. The van der Waals surface area contributed by atoms with Gasteiger partial charge in [-0.15, -0.1) is 11.3 Å². The molecule has 2 fully saturated rings. The SMILES string of the molecule is O=C(NC1CC1)c1ccc2sc([C@H]3C[C@H](O)[C@@H](CO)O3)nc2c1. The Kier molecular flexibility index (Phi) is 3.81. The summed E-state index contributed by atoms with van der Waals surface area (Å²) < 4.78 is 6.63. The number of aliphatic hydroxyl groups is 2. The van der Waals surface area contributed by atoms with E-state index in [0.717, 1.165) is 28.1 Å². The van der Waals surface area contributed by atoms with Crippen molar-refractivity contribution in [1.82, 2.24) is 10.3 Å². The zero-order chi connectivity index (χ0) is 16.0. The van der Waals surface area contributed by atoms with Crippen LogP contribution in [0.25, 0.3) is 10.2 Å². The molecule has 3 N–H and O–H groups in total. The summed E-state index contributed by atoms with van der Waals surface area (Å²) in [5.41, 5.74) is 1.38. The number of carbonyl (C=O) groups excluding carboxylic acids is 1. The number of benzene rings is 1. The molecule has 0 spiro atoms. The van der Waals surface area contributed by atoms with Crippen LogP contribution in [0.15, 0.2) is 18.2 Å². The van der Waals surface area contributed by atoms with Crippen LogP contribution in [0.2, 0.25) is 0 Å². The van der Waals surface area contributed by atoms with Crippen molar-refractivity contribution in [2.75, 3.05) is 6.61 Å². The van der Waals surface area contributed by atoms with Gasteiger partial charge in [-0.3, -0.25) is 4.79 Å². The first-order valence-corrected chi connectivity index (χ1v) is 8.61. The van der Waals surface area contributed by atoms with E-state index in [1.807, 2.05) is 12.1 Å². The Bertz CT molecular complexity index is 743. The minimum atomic E-state index is -0.670. The number of ether oxygens (including phenoxy) is 1. The summed E-state index contributed by atoms with van der Waals surface area (Å²) in [6.45, 7) is -0.200. The van der Waals surface area contributed by atoms with E-state index in [1.165, 1.54) is 11.3 Å². The Hall–Kier alpha value is -1.54. The monoisotopic (exact) mass is 334 g/mol. The summed E-state index contributed by atoms with van der Waals surface area (Å²) in [4.78, 5) is 16.7. The molecule has 1 amide bonds. The lowest BCUT2D eigenvalue weighted by Crippen LogP contribution is -2.25. The largest absolute Gasteiger partial charge is 0.394 e. The summed E-state index contributed by atoms with van der Waals surface area (Å²) in [6, 6.07) is 5.82. The van der Waals surface area contributed by atoms with Crippen LogP contribution in [0.3, 0.4) is 0 Å². The van der Waals surface area contributed by atoms with Crippen molar-refractivity contribution >= 4 is 27.5 Å². The van der Waals surface area contributed by atoms with Gasteiger partial charge in [0.2, 0.25) is 0 Å². The lowest BCUT2D eigenvalue weighted by molar-refractivity contribution is -0.0225. The van der Waals surface area contributed by atoms with Crippen molar-refractivity contribution in [2.45, 2.75) is 43.6 Å². The highest BCUT2D eigenvalue weighted by atomic mass is 32.1. The molecule has 1 saturated carbocycles. The molecule has 1 aliphatic heterocycles. The van der Waals surface area contributed by atoms with Crippen LogP contribution in [0.1, 0.15) is 40.7 Å². The third-order valence-corrected chi connectivity index (χ3v) is 5.39. The zero-order valence-corrected chi connectivity index (χ0v) is 13.3. The molecule has 122 valence electrons. The number of amides is 1. The molecule has 7 heteroatoms. The van der Waals surface area contributed by atoms with Gasteiger partial charge in [0.15, 0.2) is 0 Å². The number of nitrogens with one attached hydrogen (secondary N) is 1. The Morgan fingerprint density at radius 2 is 2.26 bits per heavy atom. The minimum absolute atomic E-state index is 0.0585. The van der Waals surface area contributed by atoms with Crippen molar-refractivity contribution in [3.05, 3.63) is 28.8 Å². The summed E-state index contributed by atoms with van der Waals surface area (Å²) in [6.07, 6.45) is 1.02. The van der Waals surface area contributed by atoms with Gasteiger partial charge in [-0.25, -0.2) is 4.98 Å². The number of rotatable bonds is 4. The number of carbonyl (C=O) groups is 1. The molecule has 1 aromatic carbocycles. The predicted molar refractivity (Wildman–Crippen MR) is 85.4 cm³/mol. The Balaban J connectivity index is 1.57. The topological polar surface area (TPSA) is 91.7 Å². The van der Waals surface area contributed by atoms with E-state index < -0.39 is 12.2 Å². The molecule has 3 atom stereocenters. The van der Waals surface area contributed by atoms with E-state index in [-0.39, 0.29) is 18.6 Å². The number of fused-ring (bicyclic) bond motifs is 1. The van der Waals surface area contributed by atoms with Gasteiger partial charge < -0.3 is 20.3 Å². The van der Waals surface area contributed by atoms with Crippen molar-refractivity contribution < 1.29 is 19.7 Å². The van der Waals surface area contributed by atoms with Crippen LogP contribution in [0, 0.1) is 0 Å². The summed E-state index contributed by atoms with van der Waals surface area (Å²) >= 11 is 1.50. The van der Waals surface area contributed by atoms with Crippen LogP contribution in [-0.2, 0) is 4.74 Å². The van der Waals surface area contributed by atoms with Gasteiger partial charge in [-0.1, -0.05) is 0 Å². The predicted octanol–water partition coefficient (Wildman–Crippen LogP) is 1.37. The lowest BCUT2D eigenvalue weighted by atomic mass is 10.1. The maximum atomic E-state index is 12.1. The molecule has 0 radical (unpaired) electrons. The number of aliphatic hydroxyl groups excluding tert-OH is 2. The molecule has 2 aliphatic rings. The number of thiazole rings is 1. The van der Waals surface area contributed by atoms with E-state index in [9.17, 15) is 9.90 Å². The van der Waals surface area contributed by atoms with E-state index in [1.54, 1.807) is 6.07 Å². The molecule has 1 saturated heterocycles. The second-order valence-corrected chi connectivity index (χ2v) is 7.19. The fourth-order valence-corrected chi connectivity index (χ4v) is 3.77. The molecule has 6 nitrogen and oxygen atoms in total. The third-order valence-electron chi connectivity index (χ3n) is 4.26. The molecule has 4 rings (SSSR count). The molecule has 0 unspecified atom stereocenters. The molecule has 1 aromatic heterocycles. The highest BCUT2D eigenvalue weighted by Crippen LogP contribution is 2.37. The highest BCUT2D eigenvalue weighted by molar-refractivity contribution is 7.18. The fourth-order valence-electron chi connectivity index (χ4n) is 2.77. The van der Waals surface area contributed by atoms with Crippen molar-refractivity contribution in [1.29, 1.82) is 0 Å². The first kappa shape index (κ1) is 15.0. The van der Waals surface area contributed by atoms with Crippen molar-refractivity contribution in [2.24, 2.45) is 0 Å². The zero-order valence-electron chi connectivity index (χ0n) is 12.4. The Labute approximate surface area is 137 Å². The molecule has 2 heterocycles. The van der Waals surface area contributed by atoms with E-state index in [0.29, 0.717) is 18.0 Å². The van der Waals surface area contributed by atoms with E-state index in [2.05, 4.69) is 10.3 Å². The van der Waals surface area contributed by atoms with Gasteiger partial charge in [-0.05, 0) is 31.0 Å². The maximum Gasteiger partial charge on any atom is 0.251 e. The average molecular weight is 334 g/mol. The van der Waals surface area contributed by atoms with E-state index >= 15 is 0 Å². The van der Waals surface area contributed by atoms with Gasteiger partial charge in [0.25, 0.3) is 5.91 Å². The maximum absolute atomic E-state index is 12.1. The van der Waals surface area contributed by atoms with Gasteiger partial charge >= 0.3 is 0 Å². The summed E-state index contributed by atoms with van der Waals surface area (Å²) in [5.74, 6) is -0.0585. The van der Waals surface area contributed by atoms with Crippen molar-refractivity contribution in [3.8, 4) is 0 Å². The van der Waals surface area contributed by atoms with Crippen LogP contribution < -0.4 is 5.32 Å². The van der Waals surface area contributed by atoms with Gasteiger partial charge in [0.05, 0.1) is 22.9 Å². The summed E-state index contributed by atoms with van der Waals surface area (Å²) in [5, 5.41) is 22.8. The first-order chi connectivity index (χ1) is 11.1. The number of nitrogens with zero attached hydrogens (tertiary/aromatic N) is 1. The first-order valence-electron chi connectivity index (χ1n) is 7.80. The molecule has 23 heavy (non-hydrogen) atoms. The molecular formula is C16H18N2O4S. The minimum Gasteiger partial charge on any atom is -0.394 e. The van der Waals surface area contributed by atoms with Crippen LogP contribution in [0.4, 0.5) is 0 Å². The number of aromatic nitrogens is 1. The standard InChI is InChI=1S/C16H18N2O4S/c19-7-13-11(20)6-12(22-13)16-18-10-5-8(1-4-14(10)23-16)15(21)17-9-2-3-9/h1,4-5,9,11-13,19-20H,2-3,6-7H2,(H,17,21)/t11-,12+,13+/m0/s1. The highest BCUT2D eigenvalue weighted by Gasteiger charge is 2.36. The molecular weight excluding hydrogens is 316 g/mol. The van der Waals surface area contributed by atoms with Gasteiger partial charge in [-0.2, -0.15) is 0 Å². The summed E-state index contributed by atoms with van der Waals surface area (Å²) in [7, 11) is 0. The Morgan fingerprint density at radius 1 is 1.43 bits per heavy atom.